The number of rotatable bonds is 5. The average Bonchev–Trinajstić information content (AvgIpc) is 2.83. The first-order valence-electron chi connectivity index (χ1n) is 11.1. The van der Waals surface area contributed by atoms with Crippen LogP contribution < -0.4 is 14.5 Å². The summed E-state index contributed by atoms with van der Waals surface area (Å²) in [6, 6.07) is 24.9. The molecule has 0 N–H and O–H groups in total. The molecule has 3 aromatic carbocycles. The third-order valence-electron chi connectivity index (χ3n) is 6.02. The number of benzene rings is 3. The lowest BCUT2D eigenvalue weighted by molar-refractivity contribution is -0.117. The van der Waals surface area contributed by atoms with Gasteiger partial charge in [-0.1, -0.05) is 48.5 Å². The Bertz CT molecular complexity index is 1160. The molecule has 2 unspecified atom stereocenters. The molecule has 3 aromatic rings. The first kappa shape index (κ1) is 22.3. The maximum absolute atomic E-state index is 13.3. The van der Waals surface area contributed by atoms with Crippen molar-refractivity contribution in [3.63, 3.8) is 0 Å². The molecule has 0 aliphatic carbocycles. The zero-order valence-electron chi connectivity index (χ0n) is 19.1. The minimum atomic E-state index is -0.147. The van der Waals surface area contributed by atoms with Gasteiger partial charge in [-0.05, 0) is 60.9 Å². The van der Waals surface area contributed by atoms with Crippen molar-refractivity contribution in [2.24, 2.45) is 0 Å². The Labute approximate surface area is 194 Å². The number of fused-ring (bicyclic) bond motifs is 1. The fourth-order valence-electron chi connectivity index (χ4n) is 4.49. The van der Waals surface area contributed by atoms with E-state index in [-0.39, 0.29) is 23.9 Å². The smallest absolute Gasteiger partial charge is 0.251 e. The van der Waals surface area contributed by atoms with Gasteiger partial charge in [-0.3, -0.25) is 9.59 Å². The minimum Gasteiger partial charge on any atom is -0.497 e. The zero-order valence-corrected chi connectivity index (χ0v) is 19.1. The fourth-order valence-corrected chi connectivity index (χ4v) is 4.49. The van der Waals surface area contributed by atoms with Gasteiger partial charge in [-0.25, -0.2) is 0 Å². The molecule has 33 heavy (non-hydrogen) atoms. The maximum Gasteiger partial charge on any atom is 0.251 e. The van der Waals surface area contributed by atoms with E-state index < -0.39 is 0 Å². The van der Waals surface area contributed by atoms with Gasteiger partial charge < -0.3 is 14.5 Å². The van der Waals surface area contributed by atoms with Crippen LogP contribution in [0.2, 0.25) is 0 Å². The molecule has 0 aromatic heterocycles. The number of anilines is 2. The van der Waals surface area contributed by atoms with Crippen molar-refractivity contribution >= 4 is 29.3 Å². The normalized spacial score (nSPS) is 17.5. The molecule has 1 heterocycles. The zero-order chi connectivity index (χ0) is 23.4. The van der Waals surface area contributed by atoms with E-state index in [0.29, 0.717) is 6.42 Å². The van der Waals surface area contributed by atoms with E-state index >= 15 is 0 Å². The number of para-hydroxylation sites is 2. The van der Waals surface area contributed by atoms with Gasteiger partial charge in [0.1, 0.15) is 5.75 Å². The lowest BCUT2D eigenvalue weighted by atomic mass is 9.89. The molecule has 2 amide bonds. The summed E-state index contributed by atoms with van der Waals surface area (Å²) in [6.07, 6.45) is 4.07. The van der Waals surface area contributed by atoms with E-state index in [1.54, 1.807) is 20.1 Å². The highest BCUT2D eigenvalue weighted by Gasteiger charge is 2.37. The van der Waals surface area contributed by atoms with Crippen LogP contribution >= 0.6 is 0 Å². The van der Waals surface area contributed by atoms with E-state index in [9.17, 15) is 9.59 Å². The predicted molar refractivity (Wildman–Crippen MR) is 132 cm³/mol. The summed E-state index contributed by atoms with van der Waals surface area (Å²) in [6.45, 7) is 3.63. The first-order valence-corrected chi connectivity index (χ1v) is 11.1. The number of ether oxygens (including phenoxy) is 1. The van der Waals surface area contributed by atoms with Crippen LogP contribution in [0.5, 0.6) is 5.75 Å². The number of carbonyl (C=O) groups excluding carboxylic acids is 2. The van der Waals surface area contributed by atoms with E-state index in [0.717, 1.165) is 28.3 Å². The fraction of sp³-hybridized carbons (Fsp3) is 0.214. The molecule has 5 nitrogen and oxygen atoms in total. The molecule has 0 bridgehead atoms. The van der Waals surface area contributed by atoms with E-state index in [1.807, 2.05) is 102 Å². The Morgan fingerprint density at radius 3 is 2.30 bits per heavy atom. The van der Waals surface area contributed by atoms with Crippen LogP contribution in [-0.2, 0) is 9.59 Å². The number of hydrogen-bond donors (Lipinski definition) is 0. The Balaban J connectivity index is 1.66. The van der Waals surface area contributed by atoms with Crippen molar-refractivity contribution in [2.75, 3.05) is 16.9 Å². The van der Waals surface area contributed by atoms with Gasteiger partial charge in [-0.2, -0.15) is 0 Å². The molecule has 1 aliphatic rings. The Kier molecular flexibility index (Phi) is 6.59. The molecule has 2 atom stereocenters. The molecule has 1 aliphatic heterocycles. The largest absolute Gasteiger partial charge is 0.497 e. The molecule has 5 heteroatoms. The van der Waals surface area contributed by atoms with Crippen LogP contribution in [0.15, 0.2) is 84.9 Å². The van der Waals surface area contributed by atoms with Crippen molar-refractivity contribution < 1.29 is 14.3 Å². The molecular weight excluding hydrogens is 412 g/mol. The van der Waals surface area contributed by atoms with Crippen LogP contribution in [0.4, 0.5) is 11.4 Å². The Morgan fingerprint density at radius 1 is 0.970 bits per heavy atom. The van der Waals surface area contributed by atoms with Crippen LogP contribution in [0, 0.1) is 0 Å². The van der Waals surface area contributed by atoms with Gasteiger partial charge in [0.2, 0.25) is 5.91 Å². The quantitative estimate of drug-likeness (QED) is 0.483. The molecular formula is C28H28N2O3. The summed E-state index contributed by atoms with van der Waals surface area (Å²) in [4.78, 5) is 29.7. The van der Waals surface area contributed by atoms with Gasteiger partial charge in [0.05, 0.1) is 13.2 Å². The minimum absolute atomic E-state index is 0.0209. The Hall–Kier alpha value is -3.86. The predicted octanol–water partition coefficient (Wildman–Crippen LogP) is 5.63. The van der Waals surface area contributed by atoms with Crippen molar-refractivity contribution in [3.8, 4) is 5.75 Å². The average molecular weight is 441 g/mol. The SMILES string of the molecule is COc1ccc(/C=C/C(=O)N2c3ccccc3C(N(C(C)=O)c3ccccc3)CC2C)cc1. The summed E-state index contributed by atoms with van der Waals surface area (Å²) in [5, 5.41) is 0. The lowest BCUT2D eigenvalue weighted by Crippen LogP contribution is -2.47. The molecule has 0 saturated carbocycles. The van der Waals surface area contributed by atoms with Gasteiger partial charge >= 0.3 is 0 Å². The number of carbonyl (C=O) groups is 2. The van der Waals surface area contributed by atoms with Gasteiger partial charge in [0.15, 0.2) is 0 Å². The van der Waals surface area contributed by atoms with Crippen LogP contribution in [-0.4, -0.2) is 25.0 Å². The lowest BCUT2D eigenvalue weighted by Gasteiger charge is -2.43. The highest BCUT2D eigenvalue weighted by atomic mass is 16.5. The maximum atomic E-state index is 13.3. The van der Waals surface area contributed by atoms with Crippen molar-refractivity contribution in [1.82, 2.24) is 0 Å². The van der Waals surface area contributed by atoms with E-state index in [4.69, 9.17) is 4.74 Å². The molecule has 0 fully saturated rings. The summed E-state index contributed by atoms with van der Waals surface area (Å²) in [7, 11) is 1.63. The highest BCUT2D eigenvalue weighted by Crippen LogP contribution is 2.42. The summed E-state index contributed by atoms with van der Waals surface area (Å²) < 4.78 is 5.19. The van der Waals surface area contributed by atoms with Crippen LogP contribution in [0.3, 0.4) is 0 Å². The van der Waals surface area contributed by atoms with Gasteiger partial charge in [0, 0.05) is 30.4 Å². The van der Waals surface area contributed by atoms with Gasteiger partial charge in [-0.15, -0.1) is 0 Å². The summed E-state index contributed by atoms with van der Waals surface area (Å²) >= 11 is 0. The van der Waals surface area contributed by atoms with Crippen LogP contribution in [0.25, 0.3) is 6.08 Å². The third kappa shape index (κ3) is 4.67. The Morgan fingerprint density at radius 2 is 1.64 bits per heavy atom. The van der Waals surface area contributed by atoms with E-state index in [2.05, 4.69) is 0 Å². The number of amides is 2. The topological polar surface area (TPSA) is 49.9 Å². The van der Waals surface area contributed by atoms with E-state index in [1.165, 1.54) is 0 Å². The number of methoxy groups -OCH3 is 1. The molecule has 168 valence electrons. The summed E-state index contributed by atoms with van der Waals surface area (Å²) in [5.41, 5.74) is 3.59. The molecule has 0 spiro atoms. The third-order valence-corrected chi connectivity index (χ3v) is 6.02. The second-order valence-corrected chi connectivity index (χ2v) is 8.20. The number of nitrogens with zero attached hydrogens (tertiary/aromatic N) is 2. The van der Waals surface area contributed by atoms with Gasteiger partial charge in [0.25, 0.3) is 5.91 Å². The second kappa shape index (κ2) is 9.74. The molecule has 0 radical (unpaired) electrons. The van der Waals surface area contributed by atoms with Crippen LogP contribution in [0.1, 0.15) is 37.4 Å². The molecule has 4 rings (SSSR count). The van der Waals surface area contributed by atoms with Crippen molar-refractivity contribution in [3.05, 3.63) is 96.1 Å². The standard InChI is InChI=1S/C28H28N2O3/c1-20-19-27(30(21(2)31)23-9-5-4-6-10-23)25-11-7-8-12-26(25)29(20)28(32)18-15-22-13-16-24(33-3)17-14-22/h4-18,20,27H,19H2,1-3H3/b18-15+. The summed E-state index contributed by atoms with van der Waals surface area (Å²) in [5.74, 6) is 0.669. The molecule has 0 saturated heterocycles. The van der Waals surface area contributed by atoms with Crippen molar-refractivity contribution in [2.45, 2.75) is 32.4 Å². The monoisotopic (exact) mass is 440 g/mol. The second-order valence-electron chi connectivity index (χ2n) is 8.20. The first-order chi connectivity index (χ1) is 16.0. The van der Waals surface area contributed by atoms with Crippen molar-refractivity contribution in [1.29, 1.82) is 0 Å². The highest BCUT2D eigenvalue weighted by molar-refractivity contribution is 6.05. The number of hydrogen-bond acceptors (Lipinski definition) is 3.